The molecule has 0 aromatic heterocycles. The zero-order chi connectivity index (χ0) is 10.9. The molecule has 0 amide bonds. The normalized spacial score (nSPS) is 10.7. The molecular weight excluding hydrogens is 413 g/mol. The Hall–Kier alpha value is -0.707. The summed E-state index contributed by atoms with van der Waals surface area (Å²) in [7, 11) is 0. The van der Waals surface area contributed by atoms with Gasteiger partial charge in [0.2, 0.25) is 0 Å². The molecule has 81 valence electrons. The Morgan fingerprint density at radius 1 is 1.27 bits per heavy atom. The largest absolute Gasteiger partial charge is 0.478 e. The van der Waals surface area contributed by atoms with Gasteiger partial charge >= 0.3 is 12.1 Å². The van der Waals surface area contributed by atoms with Gasteiger partial charge in [0, 0.05) is 26.2 Å². The van der Waals surface area contributed by atoms with Gasteiger partial charge in [-0.3, -0.25) is 0 Å². The van der Waals surface area contributed by atoms with Crippen molar-refractivity contribution in [1.82, 2.24) is 0 Å². The Morgan fingerprint density at radius 3 is 2.13 bits per heavy atom. The quantitative estimate of drug-likeness (QED) is 0.562. The molecule has 0 aliphatic carbocycles. The van der Waals surface area contributed by atoms with Crippen LogP contribution in [0.2, 0.25) is 0 Å². The van der Waals surface area contributed by atoms with Crippen LogP contribution in [0.3, 0.4) is 0 Å². The fraction of sp³-hybridized carbons (Fsp3) is 0.125. The average Bonchev–Trinajstić information content (AvgIpc) is 2.01. The smallest absolute Gasteiger partial charge is 0.416 e. The van der Waals surface area contributed by atoms with Gasteiger partial charge in [-0.15, -0.1) is 0 Å². The molecule has 1 N–H and O–H groups in total. The van der Waals surface area contributed by atoms with Gasteiger partial charge in [-0.2, -0.15) is 13.2 Å². The van der Waals surface area contributed by atoms with Crippen LogP contribution in [0.5, 0.6) is 0 Å². The molecule has 2 nitrogen and oxygen atoms in total. The van der Waals surface area contributed by atoms with Gasteiger partial charge in [0.25, 0.3) is 0 Å². The molecule has 0 saturated carbocycles. The van der Waals surface area contributed by atoms with Crippen LogP contribution < -0.4 is 0 Å². The third kappa shape index (κ3) is 3.41. The number of benzene rings is 1. The minimum Gasteiger partial charge on any atom is -0.478 e. The molecule has 1 aromatic rings. The van der Waals surface area contributed by atoms with E-state index < -0.39 is 29.1 Å². The van der Waals surface area contributed by atoms with E-state index in [9.17, 15) is 22.4 Å². The SMILES string of the molecule is O=C(O)c1ccc(C(F)(F)F)cc1F.[Bi]. The van der Waals surface area contributed by atoms with E-state index in [-0.39, 0.29) is 32.3 Å². The van der Waals surface area contributed by atoms with Gasteiger partial charge in [0.15, 0.2) is 0 Å². The van der Waals surface area contributed by atoms with Crippen LogP contribution in [-0.2, 0) is 6.18 Å². The predicted molar refractivity (Wildman–Crippen MR) is 44.1 cm³/mol. The van der Waals surface area contributed by atoms with Gasteiger partial charge < -0.3 is 5.11 Å². The molecule has 0 saturated heterocycles. The third-order valence-electron chi connectivity index (χ3n) is 1.53. The molecule has 0 aliphatic rings. The van der Waals surface area contributed by atoms with E-state index >= 15 is 0 Å². The van der Waals surface area contributed by atoms with Crippen molar-refractivity contribution in [3.05, 3.63) is 35.1 Å². The fourth-order valence-corrected chi connectivity index (χ4v) is 0.865. The number of carbonyl (C=O) groups is 1. The van der Waals surface area contributed by atoms with Crippen molar-refractivity contribution < 1.29 is 27.5 Å². The number of aromatic carboxylic acids is 1. The molecule has 0 heterocycles. The molecule has 0 atom stereocenters. The van der Waals surface area contributed by atoms with Gasteiger partial charge in [-0.1, -0.05) is 0 Å². The van der Waals surface area contributed by atoms with Crippen molar-refractivity contribution in [2.45, 2.75) is 6.18 Å². The summed E-state index contributed by atoms with van der Waals surface area (Å²) in [5, 5.41) is 8.34. The molecule has 0 fully saturated rings. The zero-order valence-electron chi connectivity index (χ0n) is 7.05. The van der Waals surface area contributed by atoms with E-state index in [0.717, 1.165) is 0 Å². The second kappa shape index (κ2) is 4.88. The van der Waals surface area contributed by atoms with Crippen LogP contribution in [0.25, 0.3) is 0 Å². The van der Waals surface area contributed by atoms with E-state index in [1.54, 1.807) is 0 Å². The van der Waals surface area contributed by atoms with Gasteiger partial charge in [-0.25, -0.2) is 9.18 Å². The summed E-state index contributed by atoms with van der Waals surface area (Å²) in [6.07, 6.45) is -4.67. The summed E-state index contributed by atoms with van der Waals surface area (Å²) >= 11 is 0. The van der Waals surface area contributed by atoms with E-state index in [4.69, 9.17) is 5.11 Å². The van der Waals surface area contributed by atoms with Crippen molar-refractivity contribution in [3.8, 4) is 0 Å². The summed E-state index contributed by atoms with van der Waals surface area (Å²) in [5.41, 5.74) is -1.99. The number of carboxylic acid groups (broad SMARTS) is 1. The van der Waals surface area contributed by atoms with Gasteiger partial charge in [-0.05, 0) is 18.2 Å². The molecule has 0 unspecified atom stereocenters. The van der Waals surface area contributed by atoms with Crippen LogP contribution in [0.15, 0.2) is 18.2 Å². The number of rotatable bonds is 1. The van der Waals surface area contributed by atoms with Crippen molar-refractivity contribution in [3.63, 3.8) is 0 Å². The number of hydrogen-bond acceptors (Lipinski definition) is 1. The summed E-state index contributed by atoms with van der Waals surface area (Å²) in [5.74, 6) is -3.00. The number of carboxylic acids is 1. The standard InChI is InChI=1S/C8H4F4O2.Bi/c9-6-3-4(8(10,11)12)1-2-5(6)7(13)14;/h1-3H,(H,13,14);. The van der Waals surface area contributed by atoms with E-state index in [2.05, 4.69) is 0 Å². The predicted octanol–water partition coefficient (Wildman–Crippen LogP) is 2.16. The van der Waals surface area contributed by atoms with Crippen LogP contribution in [0, 0.1) is 5.82 Å². The molecule has 15 heavy (non-hydrogen) atoms. The summed E-state index contributed by atoms with van der Waals surface area (Å²) in [6, 6.07) is 1.26. The second-order valence-electron chi connectivity index (χ2n) is 2.50. The Morgan fingerprint density at radius 2 is 1.80 bits per heavy atom. The molecular formula is C8H4BiF4O2. The maximum atomic E-state index is 12.8. The van der Waals surface area contributed by atoms with Crippen LogP contribution in [0.1, 0.15) is 15.9 Å². The number of halogens is 4. The van der Waals surface area contributed by atoms with Crippen molar-refractivity contribution in [2.24, 2.45) is 0 Å². The first-order valence-electron chi connectivity index (χ1n) is 3.42. The number of hydrogen-bond donors (Lipinski definition) is 1. The van der Waals surface area contributed by atoms with E-state index in [0.29, 0.717) is 12.1 Å². The van der Waals surface area contributed by atoms with Crippen molar-refractivity contribution in [1.29, 1.82) is 0 Å². The molecule has 0 spiro atoms. The molecule has 1 rings (SSSR count). The zero-order valence-corrected chi connectivity index (χ0v) is 10.5. The monoisotopic (exact) mass is 417 g/mol. The minimum atomic E-state index is -4.67. The van der Waals surface area contributed by atoms with Crippen molar-refractivity contribution >= 4 is 32.2 Å². The number of alkyl halides is 3. The molecule has 0 bridgehead atoms. The maximum absolute atomic E-state index is 12.8. The fourth-order valence-electron chi connectivity index (χ4n) is 0.865. The summed E-state index contributed by atoms with van der Waals surface area (Å²) < 4.78 is 48.7. The topological polar surface area (TPSA) is 37.3 Å². The average molecular weight is 417 g/mol. The molecule has 1 aromatic carbocycles. The first kappa shape index (κ1) is 14.3. The Bertz CT molecular complexity index is 375. The Balaban J connectivity index is 0.00000196. The van der Waals surface area contributed by atoms with Gasteiger partial charge in [0.05, 0.1) is 11.1 Å². The second-order valence-corrected chi connectivity index (χ2v) is 2.50. The molecule has 7 heteroatoms. The van der Waals surface area contributed by atoms with Crippen LogP contribution in [-0.4, -0.2) is 37.3 Å². The first-order valence-corrected chi connectivity index (χ1v) is 3.42. The van der Waals surface area contributed by atoms with E-state index in [1.807, 2.05) is 0 Å². The van der Waals surface area contributed by atoms with E-state index in [1.165, 1.54) is 0 Å². The molecule has 0 aliphatic heterocycles. The Kier molecular flexibility index (Phi) is 4.65. The van der Waals surface area contributed by atoms with Crippen LogP contribution >= 0.6 is 0 Å². The molecule has 3 radical (unpaired) electrons. The van der Waals surface area contributed by atoms with Gasteiger partial charge in [0.1, 0.15) is 5.82 Å². The summed E-state index contributed by atoms with van der Waals surface area (Å²) in [6.45, 7) is 0. The Labute approximate surface area is 101 Å². The van der Waals surface area contributed by atoms with Crippen LogP contribution in [0.4, 0.5) is 17.6 Å². The first-order chi connectivity index (χ1) is 6.32. The maximum Gasteiger partial charge on any atom is 0.416 e. The summed E-state index contributed by atoms with van der Waals surface area (Å²) in [4.78, 5) is 10.3. The third-order valence-corrected chi connectivity index (χ3v) is 1.53. The minimum absolute atomic E-state index is 0. The van der Waals surface area contributed by atoms with Crippen molar-refractivity contribution in [2.75, 3.05) is 0 Å².